The Kier molecular flexibility index (Phi) is 7.31. The van der Waals surface area contributed by atoms with E-state index in [1.165, 1.54) is 19.2 Å². The Balaban J connectivity index is 1.94. The first-order valence-corrected chi connectivity index (χ1v) is 9.05. The predicted octanol–water partition coefficient (Wildman–Crippen LogP) is 3.45. The van der Waals surface area contributed by atoms with E-state index in [4.69, 9.17) is 12.2 Å². The average Bonchev–Trinajstić information content (AvgIpc) is 2.69. The van der Waals surface area contributed by atoms with Crippen molar-refractivity contribution in [2.45, 2.75) is 13.8 Å². The summed E-state index contributed by atoms with van der Waals surface area (Å²) in [6.45, 7) is 6.09. The zero-order chi connectivity index (χ0) is 19.8. The minimum absolute atomic E-state index is 0.202. The van der Waals surface area contributed by atoms with Crippen LogP contribution in [-0.4, -0.2) is 37.2 Å². The third-order valence-electron chi connectivity index (χ3n) is 4.05. The molecule has 0 aromatic heterocycles. The third-order valence-corrected chi connectivity index (χ3v) is 4.25. The second-order valence-electron chi connectivity index (χ2n) is 5.70. The van der Waals surface area contributed by atoms with Crippen LogP contribution in [0.15, 0.2) is 48.5 Å². The van der Waals surface area contributed by atoms with Gasteiger partial charge in [-0.05, 0) is 74.6 Å². The summed E-state index contributed by atoms with van der Waals surface area (Å²) in [4.78, 5) is 25.9. The van der Waals surface area contributed by atoms with Gasteiger partial charge < -0.3 is 15.0 Å². The number of rotatable bonds is 6. The zero-order valence-corrected chi connectivity index (χ0v) is 16.4. The molecule has 2 aromatic carbocycles. The first-order chi connectivity index (χ1) is 13.0. The van der Waals surface area contributed by atoms with Gasteiger partial charge in [-0.1, -0.05) is 0 Å². The van der Waals surface area contributed by atoms with Crippen LogP contribution in [0.3, 0.4) is 0 Å². The van der Waals surface area contributed by atoms with E-state index in [0.29, 0.717) is 11.1 Å². The molecule has 0 saturated heterocycles. The predicted molar refractivity (Wildman–Crippen MR) is 111 cm³/mol. The monoisotopic (exact) mass is 385 g/mol. The molecule has 1 amide bonds. The molecule has 0 aliphatic carbocycles. The normalized spacial score (nSPS) is 10.0. The molecule has 0 fully saturated rings. The molecule has 6 nitrogen and oxygen atoms in total. The van der Waals surface area contributed by atoms with Gasteiger partial charge in [0.15, 0.2) is 5.11 Å². The second-order valence-corrected chi connectivity index (χ2v) is 6.10. The van der Waals surface area contributed by atoms with E-state index in [2.05, 4.69) is 34.1 Å². The van der Waals surface area contributed by atoms with E-state index in [1.54, 1.807) is 12.1 Å². The summed E-state index contributed by atoms with van der Waals surface area (Å²) in [5.74, 6) is -0.809. The third kappa shape index (κ3) is 5.52. The number of carbonyl (C=O) groups is 2. The lowest BCUT2D eigenvalue weighted by Gasteiger charge is -2.21. The summed E-state index contributed by atoms with van der Waals surface area (Å²) in [5, 5.41) is 5.81. The number of ether oxygens (including phenoxy) is 1. The Hall–Kier alpha value is -2.93. The molecule has 27 heavy (non-hydrogen) atoms. The van der Waals surface area contributed by atoms with Gasteiger partial charge in [-0.15, -0.1) is 0 Å². The number of nitrogens with zero attached hydrogens (tertiary/aromatic N) is 1. The van der Waals surface area contributed by atoms with Crippen molar-refractivity contribution in [3.05, 3.63) is 59.7 Å². The highest BCUT2D eigenvalue weighted by Gasteiger charge is 2.10. The lowest BCUT2D eigenvalue weighted by Crippen LogP contribution is -2.34. The molecule has 0 saturated carbocycles. The summed E-state index contributed by atoms with van der Waals surface area (Å²) in [7, 11) is 1.31. The van der Waals surface area contributed by atoms with Gasteiger partial charge in [0.25, 0.3) is 5.91 Å². The van der Waals surface area contributed by atoms with Crippen LogP contribution >= 0.6 is 12.2 Å². The lowest BCUT2D eigenvalue weighted by atomic mass is 10.1. The number of thiocarbonyl (C=S) groups is 1. The molecule has 0 atom stereocenters. The van der Waals surface area contributed by atoms with Gasteiger partial charge in [0, 0.05) is 30.0 Å². The molecule has 142 valence electrons. The Labute approximate surface area is 164 Å². The molecule has 0 aliphatic rings. The van der Waals surface area contributed by atoms with E-state index in [9.17, 15) is 9.59 Å². The van der Waals surface area contributed by atoms with Crippen molar-refractivity contribution < 1.29 is 14.3 Å². The highest BCUT2D eigenvalue weighted by Crippen LogP contribution is 2.17. The van der Waals surface area contributed by atoms with Crippen molar-refractivity contribution in [2.24, 2.45) is 0 Å². The van der Waals surface area contributed by atoms with Crippen LogP contribution < -0.4 is 15.5 Å². The minimum Gasteiger partial charge on any atom is -0.465 e. The molecular formula is C20H23N3O3S. The highest BCUT2D eigenvalue weighted by atomic mass is 32.1. The van der Waals surface area contributed by atoms with Crippen molar-refractivity contribution in [3.63, 3.8) is 0 Å². The molecule has 0 heterocycles. The van der Waals surface area contributed by atoms with Gasteiger partial charge in [-0.25, -0.2) is 4.79 Å². The summed E-state index contributed by atoms with van der Waals surface area (Å²) in [6, 6.07) is 14.0. The van der Waals surface area contributed by atoms with E-state index < -0.39 is 5.97 Å². The fraction of sp³-hybridized carbons (Fsp3) is 0.250. The molecule has 7 heteroatoms. The number of carbonyl (C=O) groups excluding carboxylic acids is 2. The minimum atomic E-state index is -0.452. The molecule has 2 rings (SSSR count). The van der Waals surface area contributed by atoms with E-state index in [1.807, 2.05) is 24.3 Å². The maximum Gasteiger partial charge on any atom is 0.337 e. The molecule has 0 radical (unpaired) electrons. The van der Waals surface area contributed by atoms with Crippen LogP contribution in [0.1, 0.15) is 34.6 Å². The summed E-state index contributed by atoms with van der Waals surface area (Å²) in [5.41, 5.74) is 2.69. The van der Waals surface area contributed by atoms with E-state index >= 15 is 0 Å². The van der Waals surface area contributed by atoms with Crippen LogP contribution in [-0.2, 0) is 4.74 Å². The van der Waals surface area contributed by atoms with Crippen LogP contribution in [0.25, 0.3) is 0 Å². The maximum atomic E-state index is 12.3. The standard InChI is InChI=1S/C20H23N3O3S/c1-4-23(5-2)17-12-10-16(11-13-17)21-20(27)22-18(24)14-6-8-15(9-7-14)19(25)26-3/h6-13H,4-5H2,1-3H3,(H2,21,22,24,27). The highest BCUT2D eigenvalue weighted by molar-refractivity contribution is 7.80. The molecule has 0 bridgehead atoms. The van der Waals surface area contributed by atoms with Crippen LogP contribution in [0.2, 0.25) is 0 Å². The first kappa shape index (κ1) is 20.4. The van der Waals surface area contributed by atoms with Gasteiger partial charge in [0.05, 0.1) is 12.7 Å². The number of amides is 1. The Morgan fingerprint density at radius 1 is 0.963 bits per heavy atom. The molecule has 2 N–H and O–H groups in total. The number of anilines is 2. The summed E-state index contributed by atoms with van der Waals surface area (Å²) in [6.07, 6.45) is 0. The number of nitrogens with one attached hydrogen (secondary N) is 2. The number of esters is 1. The first-order valence-electron chi connectivity index (χ1n) is 8.64. The van der Waals surface area contributed by atoms with E-state index in [-0.39, 0.29) is 11.0 Å². The fourth-order valence-electron chi connectivity index (χ4n) is 2.56. The molecule has 0 unspecified atom stereocenters. The second kappa shape index (κ2) is 9.68. The van der Waals surface area contributed by atoms with Crippen LogP contribution in [0, 0.1) is 0 Å². The van der Waals surface area contributed by atoms with Crippen LogP contribution in [0.5, 0.6) is 0 Å². The van der Waals surface area contributed by atoms with Crippen LogP contribution in [0.4, 0.5) is 11.4 Å². The summed E-state index contributed by atoms with van der Waals surface area (Å²) >= 11 is 5.20. The average molecular weight is 385 g/mol. The number of hydrogen-bond donors (Lipinski definition) is 2. The molecular weight excluding hydrogens is 362 g/mol. The van der Waals surface area contributed by atoms with Crippen molar-refractivity contribution in [2.75, 3.05) is 30.4 Å². The van der Waals surface area contributed by atoms with E-state index in [0.717, 1.165) is 24.5 Å². The SMILES string of the molecule is CCN(CC)c1ccc(NC(=S)NC(=O)c2ccc(C(=O)OC)cc2)cc1. The maximum absolute atomic E-state index is 12.3. The lowest BCUT2D eigenvalue weighted by molar-refractivity contribution is 0.0600. The molecule has 0 aliphatic heterocycles. The van der Waals surface area contributed by atoms with Gasteiger partial charge in [0.1, 0.15) is 0 Å². The van der Waals surface area contributed by atoms with Crippen molar-refractivity contribution in [1.82, 2.24) is 5.32 Å². The number of methoxy groups -OCH3 is 1. The van der Waals surface area contributed by atoms with Gasteiger partial charge in [-0.2, -0.15) is 0 Å². The van der Waals surface area contributed by atoms with Crippen molar-refractivity contribution >= 4 is 40.6 Å². The van der Waals surface area contributed by atoms with Gasteiger partial charge in [0.2, 0.25) is 0 Å². The summed E-state index contributed by atoms with van der Waals surface area (Å²) < 4.78 is 4.63. The topological polar surface area (TPSA) is 70.7 Å². The zero-order valence-electron chi connectivity index (χ0n) is 15.6. The largest absolute Gasteiger partial charge is 0.465 e. The van der Waals surface area contributed by atoms with Crippen molar-refractivity contribution in [3.8, 4) is 0 Å². The quantitative estimate of drug-likeness (QED) is 0.586. The Morgan fingerprint density at radius 2 is 1.52 bits per heavy atom. The Morgan fingerprint density at radius 3 is 2.04 bits per heavy atom. The smallest absolute Gasteiger partial charge is 0.337 e. The van der Waals surface area contributed by atoms with Gasteiger partial charge in [-0.3, -0.25) is 10.1 Å². The fourth-order valence-corrected chi connectivity index (χ4v) is 2.77. The van der Waals surface area contributed by atoms with Gasteiger partial charge >= 0.3 is 5.97 Å². The number of hydrogen-bond acceptors (Lipinski definition) is 5. The van der Waals surface area contributed by atoms with Crippen molar-refractivity contribution in [1.29, 1.82) is 0 Å². The molecule has 0 spiro atoms. The number of benzene rings is 2. The Bertz CT molecular complexity index is 800. The molecule has 2 aromatic rings.